The molecule has 0 bridgehead atoms. The lowest BCUT2D eigenvalue weighted by Crippen LogP contribution is -2.42. The zero-order chi connectivity index (χ0) is 21.3. The molecule has 1 N–H and O–H groups in total. The van der Waals surface area contributed by atoms with Crippen molar-refractivity contribution in [3.8, 4) is 0 Å². The number of hydrogen-bond donors (Lipinski definition) is 1. The van der Waals surface area contributed by atoms with Crippen molar-refractivity contribution < 1.29 is 9.84 Å². The van der Waals surface area contributed by atoms with Crippen molar-refractivity contribution in [3.05, 3.63) is 46.4 Å². The van der Waals surface area contributed by atoms with Gasteiger partial charge in [0.2, 0.25) is 0 Å². The van der Waals surface area contributed by atoms with Crippen molar-refractivity contribution in [1.82, 2.24) is 9.97 Å². The second-order valence-electron chi connectivity index (χ2n) is 8.80. The number of rotatable bonds is 3. The molecule has 162 valence electrons. The molecule has 0 radical (unpaired) electrons. The van der Waals surface area contributed by atoms with E-state index >= 15 is 0 Å². The van der Waals surface area contributed by atoms with E-state index in [9.17, 15) is 5.11 Å². The fraction of sp³-hybridized carbons (Fsp3) is 0.565. The normalized spacial score (nSPS) is 22.1. The number of anilines is 2. The highest BCUT2D eigenvalue weighted by Crippen LogP contribution is 2.37. The number of ether oxygens (including phenoxy) is 1. The quantitative estimate of drug-likeness (QED) is 0.792. The molecule has 0 spiro atoms. The second kappa shape index (κ2) is 8.69. The average Bonchev–Trinajstić information content (AvgIpc) is 2.96. The minimum Gasteiger partial charge on any atom is -0.390 e. The molecule has 2 aliphatic heterocycles. The maximum absolute atomic E-state index is 10.3. The molecule has 2 saturated heterocycles. The van der Waals surface area contributed by atoms with Gasteiger partial charge < -0.3 is 19.6 Å². The number of piperidine rings is 1. The Bertz CT molecular complexity index is 895. The molecular formula is C23H31ClN4O2. The average molecular weight is 431 g/mol. The highest BCUT2D eigenvalue weighted by atomic mass is 35.5. The van der Waals surface area contributed by atoms with Crippen molar-refractivity contribution in [3.63, 3.8) is 0 Å². The number of aromatic nitrogens is 2. The Morgan fingerprint density at radius 3 is 2.63 bits per heavy atom. The van der Waals surface area contributed by atoms with Gasteiger partial charge in [-0.05, 0) is 57.2 Å². The van der Waals surface area contributed by atoms with Crippen LogP contribution in [0.5, 0.6) is 0 Å². The third-order valence-electron chi connectivity index (χ3n) is 6.28. The summed E-state index contributed by atoms with van der Waals surface area (Å²) in [4.78, 5) is 13.4. The first-order valence-corrected chi connectivity index (χ1v) is 11.1. The Morgan fingerprint density at radius 2 is 1.90 bits per heavy atom. The van der Waals surface area contributed by atoms with Gasteiger partial charge in [0.05, 0.1) is 18.2 Å². The van der Waals surface area contributed by atoms with Crippen molar-refractivity contribution >= 4 is 23.1 Å². The monoisotopic (exact) mass is 430 g/mol. The number of benzene rings is 1. The maximum Gasteiger partial charge on any atom is 0.132 e. The zero-order valence-electron chi connectivity index (χ0n) is 18.1. The van der Waals surface area contributed by atoms with E-state index < -0.39 is 5.60 Å². The predicted molar refractivity (Wildman–Crippen MR) is 121 cm³/mol. The lowest BCUT2D eigenvalue weighted by Gasteiger charge is -2.38. The molecule has 3 heterocycles. The van der Waals surface area contributed by atoms with Gasteiger partial charge in [-0.25, -0.2) is 9.97 Å². The molecule has 1 atom stereocenters. The molecule has 30 heavy (non-hydrogen) atoms. The third-order valence-corrected chi connectivity index (χ3v) is 6.61. The molecule has 0 amide bonds. The summed E-state index contributed by atoms with van der Waals surface area (Å²) >= 11 is 6.86. The SMILES string of the molecule is Cc1cc(N2CCCOCC2c2cc(C)c(N3CCC(C)(O)CC3)cc2Cl)ncn1. The molecule has 2 aromatic rings. The minimum absolute atomic E-state index is 0.00383. The van der Waals surface area contributed by atoms with Gasteiger partial charge in [0.15, 0.2) is 0 Å². The van der Waals surface area contributed by atoms with E-state index in [0.717, 1.165) is 73.3 Å². The summed E-state index contributed by atoms with van der Waals surface area (Å²) in [5.74, 6) is 0.911. The van der Waals surface area contributed by atoms with E-state index in [4.69, 9.17) is 16.3 Å². The molecule has 1 unspecified atom stereocenters. The number of nitrogens with zero attached hydrogens (tertiary/aromatic N) is 4. The van der Waals surface area contributed by atoms with Crippen LogP contribution in [0, 0.1) is 13.8 Å². The summed E-state index contributed by atoms with van der Waals surface area (Å²) in [5.41, 5.74) is 3.79. The Morgan fingerprint density at radius 1 is 1.13 bits per heavy atom. The first-order valence-electron chi connectivity index (χ1n) is 10.7. The van der Waals surface area contributed by atoms with E-state index in [1.807, 2.05) is 19.9 Å². The lowest BCUT2D eigenvalue weighted by molar-refractivity contribution is 0.0351. The third kappa shape index (κ3) is 4.56. The van der Waals surface area contributed by atoms with Crippen LogP contribution in [0.15, 0.2) is 24.5 Å². The molecule has 1 aromatic heterocycles. The van der Waals surface area contributed by atoms with Crippen LogP contribution in [0.3, 0.4) is 0 Å². The Balaban J connectivity index is 1.65. The molecule has 4 rings (SSSR count). The molecule has 2 fully saturated rings. The molecular weight excluding hydrogens is 400 g/mol. The van der Waals surface area contributed by atoms with Gasteiger partial charge >= 0.3 is 0 Å². The van der Waals surface area contributed by atoms with Crippen LogP contribution in [0.4, 0.5) is 11.5 Å². The van der Waals surface area contributed by atoms with Crippen LogP contribution >= 0.6 is 11.6 Å². The molecule has 1 aromatic carbocycles. The molecule has 0 aliphatic carbocycles. The zero-order valence-corrected chi connectivity index (χ0v) is 18.8. The predicted octanol–water partition coefficient (Wildman–Crippen LogP) is 4.07. The van der Waals surface area contributed by atoms with Crippen LogP contribution in [-0.2, 0) is 4.74 Å². The van der Waals surface area contributed by atoms with E-state index in [-0.39, 0.29) is 6.04 Å². The smallest absolute Gasteiger partial charge is 0.132 e. The standard InChI is InChI=1S/C23H31ClN4O2/c1-16-11-18(19(24)13-20(16)27-8-5-23(3,29)6-9-27)21-14-30-10-4-7-28(21)22-12-17(2)25-15-26-22/h11-13,15,21,29H,4-10,14H2,1-3H3. The van der Waals surface area contributed by atoms with E-state index in [1.165, 1.54) is 5.56 Å². The maximum atomic E-state index is 10.3. The van der Waals surface area contributed by atoms with Gasteiger partial charge in [0, 0.05) is 48.7 Å². The van der Waals surface area contributed by atoms with E-state index in [1.54, 1.807) is 6.33 Å². The topological polar surface area (TPSA) is 61.7 Å². The molecule has 6 nitrogen and oxygen atoms in total. The van der Waals surface area contributed by atoms with Crippen LogP contribution in [0.2, 0.25) is 5.02 Å². The minimum atomic E-state index is -0.567. The summed E-state index contributed by atoms with van der Waals surface area (Å²) in [7, 11) is 0. The molecule has 2 aliphatic rings. The van der Waals surface area contributed by atoms with Crippen LogP contribution < -0.4 is 9.80 Å². The Kier molecular flexibility index (Phi) is 6.19. The van der Waals surface area contributed by atoms with E-state index in [0.29, 0.717) is 6.61 Å². The highest BCUT2D eigenvalue weighted by Gasteiger charge is 2.30. The van der Waals surface area contributed by atoms with Crippen molar-refractivity contribution in [2.24, 2.45) is 0 Å². The Labute approximate surface area is 183 Å². The number of aryl methyl sites for hydroxylation is 2. The first kappa shape index (κ1) is 21.3. The highest BCUT2D eigenvalue weighted by molar-refractivity contribution is 6.31. The first-order chi connectivity index (χ1) is 14.3. The van der Waals surface area contributed by atoms with Crippen LogP contribution in [-0.4, -0.2) is 53.5 Å². The number of hydrogen-bond acceptors (Lipinski definition) is 6. The largest absolute Gasteiger partial charge is 0.390 e. The molecule has 0 saturated carbocycles. The fourth-order valence-electron chi connectivity index (χ4n) is 4.43. The summed E-state index contributed by atoms with van der Waals surface area (Å²) < 4.78 is 5.93. The lowest BCUT2D eigenvalue weighted by atomic mass is 9.92. The van der Waals surface area contributed by atoms with Crippen LogP contribution in [0.25, 0.3) is 0 Å². The van der Waals surface area contributed by atoms with Gasteiger partial charge in [-0.2, -0.15) is 0 Å². The fourth-order valence-corrected chi connectivity index (χ4v) is 4.71. The van der Waals surface area contributed by atoms with Gasteiger partial charge in [-0.15, -0.1) is 0 Å². The van der Waals surface area contributed by atoms with Crippen LogP contribution in [0.1, 0.15) is 49.0 Å². The summed E-state index contributed by atoms with van der Waals surface area (Å²) in [6, 6.07) is 6.31. The van der Waals surface area contributed by atoms with E-state index in [2.05, 4.69) is 38.8 Å². The number of halogens is 1. The van der Waals surface area contributed by atoms with Gasteiger partial charge in [0.1, 0.15) is 12.1 Å². The number of aliphatic hydroxyl groups is 1. The second-order valence-corrected chi connectivity index (χ2v) is 9.21. The van der Waals surface area contributed by atoms with Crippen molar-refractivity contribution in [1.29, 1.82) is 0 Å². The summed E-state index contributed by atoms with van der Waals surface area (Å²) in [6.07, 6.45) is 4.10. The molecule has 7 heteroatoms. The Hall–Kier alpha value is -1.89. The summed E-state index contributed by atoms with van der Waals surface area (Å²) in [5, 5.41) is 11.0. The summed E-state index contributed by atoms with van der Waals surface area (Å²) in [6.45, 7) is 9.88. The van der Waals surface area contributed by atoms with Gasteiger partial charge in [-0.3, -0.25) is 0 Å². The van der Waals surface area contributed by atoms with Crippen molar-refractivity contribution in [2.75, 3.05) is 42.6 Å². The van der Waals surface area contributed by atoms with Gasteiger partial charge in [0.25, 0.3) is 0 Å². The van der Waals surface area contributed by atoms with Gasteiger partial charge in [-0.1, -0.05) is 17.7 Å². The van der Waals surface area contributed by atoms with Crippen molar-refractivity contribution in [2.45, 2.75) is 51.7 Å².